The first-order chi connectivity index (χ1) is 9.60. The number of nitrogens with two attached hydrogens (primary N) is 1. The van der Waals surface area contributed by atoms with Crippen LogP contribution in [-0.4, -0.2) is 24.0 Å². The lowest BCUT2D eigenvalue weighted by atomic mass is 10.2. The lowest BCUT2D eigenvalue weighted by Gasteiger charge is -2.12. The number of nitrogens with zero attached hydrogens (tertiary/aromatic N) is 1. The van der Waals surface area contributed by atoms with Crippen LogP contribution in [0, 0.1) is 0 Å². The van der Waals surface area contributed by atoms with Crippen LogP contribution >= 0.6 is 0 Å². The molecule has 1 amide bonds. The molecule has 0 aliphatic rings. The number of benzene rings is 1. The Morgan fingerprint density at radius 1 is 1.40 bits per heavy atom. The van der Waals surface area contributed by atoms with Crippen LogP contribution < -0.4 is 15.8 Å². The second-order valence-electron chi connectivity index (χ2n) is 4.79. The van der Waals surface area contributed by atoms with Crippen molar-refractivity contribution in [2.75, 3.05) is 7.11 Å². The monoisotopic (exact) mass is 273 g/mol. The molecule has 0 aliphatic heterocycles. The van der Waals surface area contributed by atoms with E-state index in [0.29, 0.717) is 13.0 Å². The second-order valence-corrected chi connectivity index (χ2v) is 4.79. The zero-order valence-electron chi connectivity index (χ0n) is 11.7. The van der Waals surface area contributed by atoms with Crippen LogP contribution in [0.5, 0.6) is 5.75 Å². The summed E-state index contributed by atoms with van der Waals surface area (Å²) < 4.78 is 5.32. The maximum Gasteiger partial charge on any atom is 0.218 e. The smallest absolute Gasteiger partial charge is 0.218 e. The Balaban J connectivity index is 2.13. The summed E-state index contributed by atoms with van der Waals surface area (Å²) in [5.41, 5.74) is 6.91. The Kier molecular flexibility index (Phi) is 4.53. The number of fused-ring (bicyclic) bond motifs is 1. The van der Waals surface area contributed by atoms with Crippen LogP contribution in [0.4, 0.5) is 0 Å². The van der Waals surface area contributed by atoms with Crippen LogP contribution in [0.3, 0.4) is 0 Å². The van der Waals surface area contributed by atoms with E-state index in [-0.39, 0.29) is 11.9 Å². The molecule has 0 radical (unpaired) electrons. The van der Waals surface area contributed by atoms with Gasteiger partial charge in [0.25, 0.3) is 0 Å². The molecular formula is C15H19N3O2. The number of methoxy groups -OCH3 is 1. The molecule has 0 fully saturated rings. The molecule has 5 heteroatoms. The number of hydrogen-bond acceptors (Lipinski definition) is 4. The molecule has 20 heavy (non-hydrogen) atoms. The first kappa shape index (κ1) is 14.3. The zero-order valence-corrected chi connectivity index (χ0v) is 11.7. The van der Waals surface area contributed by atoms with E-state index in [1.54, 1.807) is 7.11 Å². The van der Waals surface area contributed by atoms with Crippen molar-refractivity contribution < 1.29 is 9.53 Å². The highest BCUT2D eigenvalue weighted by Crippen LogP contribution is 2.23. The quantitative estimate of drug-likeness (QED) is 0.838. The summed E-state index contributed by atoms with van der Waals surface area (Å²) in [6.45, 7) is 2.51. The molecular weight excluding hydrogens is 254 g/mol. The van der Waals surface area contributed by atoms with Gasteiger partial charge in [0.15, 0.2) is 0 Å². The van der Waals surface area contributed by atoms with Gasteiger partial charge in [-0.05, 0) is 19.1 Å². The molecule has 0 spiro atoms. The van der Waals surface area contributed by atoms with Gasteiger partial charge in [-0.25, -0.2) is 4.98 Å². The number of carbonyl (C=O) groups is 1. The summed E-state index contributed by atoms with van der Waals surface area (Å²) in [5.74, 6) is 0.452. The molecule has 1 atom stereocenters. The Bertz CT molecular complexity index is 613. The van der Waals surface area contributed by atoms with Crippen molar-refractivity contribution >= 4 is 16.8 Å². The van der Waals surface area contributed by atoms with Crippen LogP contribution in [0.2, 0.25) is 0 Å². The zero-order chi connectivity index (χ0) is 14.5. The van der Waals surface area contributed by atoms with E-state index in [4.69, 9.17) is 10.5 Å². The van der Waals surface area contributed by atoms with Crippen LogP contribution in [-0.2, 0) is 11.3 Å². The van der Waals surface area contributed by atoms with Gasteiger partial charge in [0.1, 0.15) is 11.3 Å². The third-order valence-corrected chi connectivity index (χ3v) is 3.10. The largest absolute Gasteiger partial charge is 0.494 e. The third kappa shape index (κ3) is 3.45. The van der Waals surface area contributed by atoms with Gasteiger partial charge in [0.2, 0.25) is 5.91 Å². The minimum atomic E-state index is -0.307. The average molecular weight is 273 g/mol. The van der Waals surface area contributed by atoms with Crippen molar-refractivity contribution in [1.29, 1.82) is 0 Å². The van der Waals surface area contributed by atoms with Gasteiger partial charge in [-0.2, -0.15) is 0 Å². The number of ether oxygens (including phenoxy) is 1. The number of rotatable bonds is 6. The minimum absolute atomic E-state index is 0.0302. The highest BCUT2D eigenvalue weighted by Gasteiger charge is 2.07. The maximum absolute atomic E-state index is 10.8. The van der Waals surface area contributed by atoms with Gasteiger partial charge in [-0.3, -0.25) is 4.79 Å². The highest BCUT2D eigenvalue weighted by molar-refractivity contribution is 5.84. The standard InChI is InChI=1S/C15H19N3O2/c1-10(8-14(16)19)17-9-12-7-6-11-4-3-5-13(20-2)15(11)18-12/h3-7,10,17H,8-9H2,1-2H3,(H2,16,19). The van der Waals surface area contributed by atoms with Crippen molar-refractivity contribution in [3.05, 3.63) is 36.0 Å². The number of hydrogen-bond donors (Lipinski definition) is 2. The molecule has 2 aromatic rings. The number of amides is 1. The topological polar surface area (TPSA) is 77.2 Å². The number of pyridine rings is 1. The highest BCUT2D eigenvalue weighted by atomic mass is 16.5. The first-order valence-corrected chi connectivity index (χ1v) is 6.54. The maximum atomic E-state index is 10.8. The van der Waals surface area contributed by atoms with E-state index in [0.717, 1.165) is 22.3 Å². The summed E-state index contributed by atoms with van der Waals surface area (Å²) in [4.78, 5) is 15.4. The van der Waals surface area contributed by atoms with E-state index < -0.39 is 0 Å². The van der Waals surface area contributed by atoms with Crippen LogP contribution in [0.25, 0.3) is 10.9 Å². The van der Waals surface area contributed by atoms with Gasteiger partial charge in [-0.15, -0.1) is 0 Å². The second kappa shape index (κ2) is 6.34. The minimum Gasteiger partial charge on any atom is -0.494 e. The number of nitrogens with one attached hydrogen (secondary N) is 1. The molecule has 0 saturated heterocycles. The SMILES string of the molecule is COc1cccc2ccc(CNC(C)CC(N)=O)nc12. The van der Waals surface area contributed by atoms with Crippen molar-refractivity contribution in [2.45, 2.75) is 25.9 Å². The molecule has 2 rings (SSSR count). The predicted molar refractivity (Wildman–Crippen MR) is 78.4 cm³/mol. The molecule has 3 N–H and O–H groups in total. The van der Waals surface area contributed by atoms with E-state index in [1.807, 2.05) is 37.3 Å². The molecule has 106 valence electrons. The molecule has 0 aliphatic carbocycles. The first-order valence-electron chi connectivity index (χ1n) is 6.54. The van der Waals surface area contributed by atoms with Gasteiger partial charge < -0.3 is 15.8 Å². The molecule has 1 heterocycles. The Labute approximate surface area is 118 Å². The summed E-state index contributed by atoms with van der Waals surface area (Å²) in [6.07, 6.45) is 0.316. The fraction of sp³-hybridized carbons (Fsp3) is 0.333. The molecule has 1 aromatic carbocycles. The normalized spacial score (nSPS) is 12.3. The van der Waals surface area contributed by atoms with Crippen molar-refractivity contribution in [2.24, 2.45) is 5.73 Å². The summed E-state index contributed by atoms with van der Waals surface area (Å²) in [5, 5.41) is 4.27. The van der Waals surface area contributed by atoms with Crippen molar-refractivity contribution in [3.8, 4) is 5.75 Å². The van der Waals surface area contributed by atoms with Gasteiger partial charge in [0, 0.05) is 24.4 Å². The Morgan fingerprint density at radius 2 is 2.20 bits per heavy atom. The van der Waals surface area contributed by atoms with Crippen LogP contribution in [0.1, 0.15) is 19.0 Å². The van der Waals surface area contributed by atoms with Gasteiger partial charge in [-0.1, -0.05) is 18.2 Å². The molecule has 1 aromatic heterocycles. The summed E-state index contributed by atoms with van der Waals surface area (Å²) >= 11 is 0. The third-order valence-electron chi connectivity index (χ3n) is 3.10. The fourth-order valence-electron chi connectivity index (χ4n) is 2.08. The van der Waals surface area contributed by atoms with E-state index in [1.165, 1.54) is 0 Å². The number of primary amides is 1. The molecule has 0 bridgehead atoms. The van der Waals surface area contributed by atoms with Crippen LogP contribution in [0.15, 0.2) is 30.3 Å². The van der Waals surface area contributed by atoms with Gasteiger partial charge in [0.05, 0.1) is 12.8 Å². The predicted octanol–water partition coefficient (Wildman–Crippen LogP) is 1.60. The van der Waals surface area contributed by atoms with Crippen molar-refractivity contribution in [1.82, 2.24) is 10.3 Å². The Hall–Kier alpha value is -2.14. The molecule has 1 unspecified atom stereocenters. The number of aromatic nitrogens is 1. The van der Waals surface area contributed by atoms with Gasteiger partial charge >= 0.3 is 0 Å². The van der Waals surface area contributed by atoms with Crippen molar-refractivity contribution in [3.63, 3.8) is 0 Å². The average Bonchev–Trinajstić information content (AvgIpc) is 2.43. The van der Waals surface area contributed by atoms with E-state index >= 15 is 0 Å². The molecule has 0 saturated carbocycles. The summed E-state index contributed by atoms with van der Waals surface area (Å²) in [6, 6.07) is 9.84. The lowest BCUT2D eigenvalue weighted by molar-refractivity contribution is -0.118. The van der Waals surface area contributed by atoms with E-state index in [2.05, 4.69) is 10.3 Å². The molecule has 5 nitrogen and oxygen atoms in total. The summed E-state index contributed by atoms with van der Waals surface area (Å²) in [7, 11) is 1.64. The number of para-hydroxylation sites is 1. The number of carbonyl (C=O) groups excluding carboxylic acids is 1. The lowest BCUT2D eigenvalue weighted by Crippen LogP contribution is -2.30. The Morgan fingerprint density at radius 3 is 2.90 bits per heavy atom. The fourth-order valence-corrected chi connectivity index (χ4v) is 2.08. The van der Waals surface area contributed by atoms with E-state index in [9.17, 15) is 4.79 Å².